The van der Waals surface area contributed by atoms with E-state index >= 15 is 0 Å². The van der Waals surface area contributed by atoms with Crippen LogP contribution in [0.5, 0.6) is 17.2 Å². The summed E-state index contributed by atoms with van der Waals surface area (Å²) in [6, 6.07) is 3.03. The van der Waals surface area contributed by atoms with Crippen LogP contribution in [0.25, 0.3) is 11.0 Å². The average molecular weight is 442 g/mol. The maximum Gasteiger partial charge on any atom is 0.332 e. The molecule has 170 valence electrons. The number of methoxy groups -OCH3 is 3. The van der Waals surface area contributed by atoms with Crippen molar-refractivity contribution in [2.75, 3.05) is 26.6 Å². The molecule has 0 saturated heterocycles. The predicted octanol–water partition coefficient (Wildman–Crippen LogP) is 2.03. The zero-order valence-corrected chi connectivity index (χ0v) is 19.1. The van der Waals surface area contributed by atoms with Crippen molar-refractivity contribution in [1.82, 2.24) is 14.1 Å². The molecule has 1 aromatic carbocycles. The molecule has 0 aliphatic heterocycles. The van der Waals surface area contributed by atoms with Gasteiger partial charge in [0, 0.05) is 25.9 Å². The van der Waals surface area contributed by atoms with Gasteiger partial charge < -0.3 is 19.5 Å². The quantitative estimate of drug-likeness (QED) is 0.621. The standard InChI is InChI=1S/C22H26N4O6/c1-11(2)13-10-23-19-16(21(28)26(4)22(29)25(19)3)17(13)24-20(27)12-8-14(30-5)18(32-7)15(9-12)31-6/h8-11H,1-7H3,(H,23,24,27). The van der Waals surface area contributed by atoms with Crippen molar-refractivity contribution in [3.05, 3.63) is 50.3 Å². The molecule has 3 rings (SSSR count). The van der Waals surface area contributed by atoms with E-state index in [2.05, 4.69) is 10.3 Å². The fraction of sp³-hybridized carbons (Fsp3) is 0.364. The zero-order chi connectivity index (χ0) is 23.7. The number of carbonyl (C=O) groups excluding carboxylic acids is 1. The minimum Gasteiger partial charge on any atom is -0.493 e. The summed E-state index contributed by atoms with van der Waals surface area (Å²) in [4.78, 5) is 42.9. The Morgan fingerprint density at radius 2 is 1.59 bits per heavy atom. The summed E-state index contributed by atoms with van der Waals surface area (Å²) in [6.07, 6.45) is 1.57. The summed E-state index contributed by atoms with van der Waals surface area (Å²) in [7, 11) is 7.29. The number of hydrogen-bond donors (Lipinski definition) is 1. The van der Waals surface area contributed by atoms with E-state index in [1.54, 1.807) is 6.20 Å². The van der Waals surface area contributed by atoms with E-state index in [1.807, 2.05) is 13.8 Å². The Labute approximate surface area is 184 Å². The van der Waals surface area contributed by atoms with Crippen LogP contribution in [0, 0.1) is 0 Å². The summed E-state index contributed by atoms with van der Waals surface area (Å²) in [5.74, 6) is 0.448. The Morgan fingerprint density at radius 1 is 1.00 bits per heavy atom. The van der Waals surface area contributed by atoms with Gasteiger partial charge in [-0.2, -0.15) is 0 Å². The molecule has 1 N–H and O–H groups in total. The number of carbonyl (C=O) groups is 1. The number of rotatable bonds is 6. The van der Waals surface area contributed by atoms with Gasteiger partial charge in [0.1, 0.15) is 5.39 Å². The van der Waals surface area contributed by atoms with Gasteiger partial charge in [-0.3, -0.25) is 18.7 Å². The Kier molecular flexibility index (Phi) is 6.24. The van der Waals surface area contributed by atoms with Gasteiger partial charge in [-0.1, -0.05) is 13.8 Å². The van der Waals surface area contributed by atoms with E-state index in [0.29, 0.717) is 28.5 Å². The van der Waals surface area contributed by atoms with Crippen LogP contribution in [0.15, 0.2) is 27.9 Å². The van der Waals surface area contributed by atoms with Gasteiger partial charge in [0.2, 0.25) is 5.75 Å². The van der Waals surface area contributed by atoms with Crippen LogP contribution < -0.4 is 30.8 Å². The number of ether oxygens (including phenoxy) is 3. The van der Waals surface area contributed by atoms with Gasteiger partial charge in [-0.15, -0.1) is 0 Å². The number of nitrogens with zero attached hydrogens (tertiary/aromatic N) is 3. The molecule has 32 heavy (non-hydrogen) atoms. The molecule has 3 aromatic rings. The van der Waals surface area contributed by atoms with Crippen LogP contribution in [0.3, 0.4) is 0 Å². The monoisotopic (exact) mass is 442 g/mol. The number of aromatic nitrogens is 3. The summed E-state index contributed by atoms with van der Waals surface area (Å²) in [6.45, 7) is 3.84. The Hall–Kier alpha value is -3.82. The average Bonchev–Trinajstić information content (AvgIpc) is 2.79. The molecule has 0 bridgehead atoms. The number of fused-ring (bicyclic) bond motifs is 1. The third kappa shape index (κ3) is 3.68. The van der Waals surface area contributed by atoms with Crippen LogP contribution in [0.4, 0.5) is 5.69 Å². The lowest BCUT2D eigenvalue weighted by Gasteiger charge is -2.18. The summed E-state index contributed by atoms with van der Waals surface area (Å²) in [5.41, 5.74) is 0.338. The number of amides is 1. The van der Waals surface area contributed by atoms with Crippen molar-refractivity contribution >= 4 is 22.6 Å². The molecule has 10 nitrogen and oxygen atoms in total. The van der Waals surface area contributed by atoms with Crippen molar-refractivity contribution in [2.45, 2.75) is 19.8 Å². The molecule has 0 aliphatic rings. The highest BCUT2D eigenvalue weighted by Crippen LogP contribution is 2.38. The van der Waals surface area contributed by atoms with E-state index in [4.69, 9.17) is 14.2 Å². The first kappa shape index (κ1) is 22.9. The topological polar surface area (TPSA) is 114 Å². The lowest BCUT2D eigenvalue weighted by atomic mass is 10.0. The lowest BCUT2D eigenvalue weighted by Crippen LogP contribution is -2.38. The van der Waals surface area contributed by atoms with Gasteiger partial charge in [0.05, 0.1) is 27.0 Å². The molecule has 0 spiro atoms. The second-order valence-electron chi connectivity index (χ2n) is 7.52. The van der Waals surface area contributed by atoms with E-state index in [-0.39, 0.29) is 22.5 Å². The predicted molar refractivity (Wildman–Crippen MR) is 120 cm³/mol. The Bertz CT molecular complexity index is 1300. The van der Waals surface area contributed by atoms with Gasteiger partial charge in [0.15, 0.2) is 17.1 Å². The first-order valence-electron chi connectivity index (χ1n) is 9.86. The maximum absolute atomic E-state index is 13.3. The van der Waals surface area contributed by atoms with Gasteiger partial charge in [0.25, 0.3) is 11.5 Å². The number of aryl methyl sites for hydroxylation is 1. The highest BCUT2D eigenvalue weighted by atomic mass is 16.5. The zero-order valence-electron chi connectivity index (χ0n) is 19.1. The minimum absolute atomic E-state index is 0.0518. The molecule has 0 fully saturated rings. The summed E-state index contributed by atoms with van der Waals surface area (Å²) >= 11 is 0. The Balaban J connectivity index is 2.25. The van der Waals surface area contributed by atoms with Crippen molar-refractivity contribution < 1.29 is 19.0 Å². The number of anilines is 1. The second-order valence-corrected chi connectivity index (χ2v) is 7.52. The first-order chi connectivity index (χ1) is 15.2. The normalized spacial score (nSPS) is 11.0. The molecule has 2 heterocycles. The lowest BCUT2D eigenvalue weighted by molar-refractivity contribution is 0.102. The molecule has 0 saturated carbocycles. The van der Waals surface area contributed by atoms with Gasteiger partial charge >= 0.3 is 5.69 Å². The molecule has 0 unspecified atom stereocenters. The largest absolute Gasteiger partial charge is 0.493 e. The highest BCUT2D eigenvalue weighted by molar-refractivity contribution is 6.09. The highest BCUT2D eigenvalue weighted by Gasteiger charge is 2.22. The Morgan fingerprint density at radius 3 is 2.09 bits per heavy atom. The number of benzene rings is 1. The SMILES string of the molecule is COc1cc(C(=O)Nc2c(C(C)C)cnc3c2c(=O)n(C)c(=O)n3C)cc(OC)c1OC. The molecule has 2 aromatic heterocycles. The van der Waals surface area contributed by atoms with Crippen LogP contribution in [-0.4, -0.2) is 41.4 Å². The van der Waals surface area contributed by atoms with Crippen LogP contribution in [0.2, 0.25) is 0 Å². The van der Waals surface area contributed by atoms with Crippen molar-refractivity contribution in [3.8, 4) is 17.2 Å². The number of pyridine rings is 1. The number of nitrogens with one attached hydrogen (secondary N) is 1. The summed E-state index contributed by atoms with van der Waals surface area (Å²) in [5, 5.41) is 3.00. The molecule has 0 aliphatic carbocycles. The van der Waals surface area contributed by atoms with Crippen molar-refractivity contribution in [2.24, 2.45) is 14.1 Å². The third-order valence-electron chi connectivity index (χ3n) is 5.29. The van der Waals surface area contributed by atoms with Gasteiger partial charge in [-0.05, 0) is 23.6 Å². The fourth-order valence-electron chi connectivity index (χ4n) is 3.51. The first-order valence-corrected chi connectivity index (χ1v) is 9.86. The smallest absolute Gasteiger partial charge is 0.332 e. The summed E-state index contributed by atoms with van der Waals surface area (Å²) < 4.78 is 18.2. The second kappa shape index (κ2) is 8.74. The number of hydrogen-bond acceptors (Lipinski definition) is 7. The fourth-order valence-corrected chi connectivity index (χ4v) is 3.51. The van der Waals surface area contributed by atoms with E-state index in [1.165, 1.54) is 52.1 Å². The van der Waals surface area contributed by atoms with Crippen LogP contribution >= 0.6 is 0 Å². The molecule has 0 atom stereocenters. The van der Waals surface area contributed by atoms with E-state index in [9.17, 15) is 14.4 Å². The third-order valence-corrected chi connectivity index (χ3v) is 5.29. The van der Waals surface area contributed by atoms with Crippen molar-refractivity contribution in [3.63, 3.8) is 0 Å². The molecule has 0 radical (unpaired) electrons. The van der Waals surface area contributed by atoms with E-state index < -0.39 is 17.2 Å². The maximum atomic E-state index is 13.3. The molecular formula is C22H26N4O6. The van der Waals surface area contributed by atoms with Gasteiger partial charge in [-0.25, -0.2) is 9.78 Å². The van der Waals surface area contributed by atoms with Crippen LogP contribution in [-0.2, 0) is 14.1 Å². The van der Waals surface area contributed by atoms with Crippen LogP contribution in [0.1, 0.15) is 35.7 Å². The van der Waals surface area contributed by atoms with E-state index in [0.717, 1.165) is 4.57 Å². The minimum atomic E-state index is -0.543. The molecule has 1 amide bonds. The van der Waals surface area contributed by atoms with Crippen molar-refractivity contribution in [1.29, 1.82) is 0 Å². The molecule has 10 heteroatoms. The molecular weight excluding hydrogens is 416 g/mol.